The van der Waals surface area contributed by atoms with Crippen LogP contribution in [0.3, 0.4) is 0 Å². The highest BCUT2D eigenvalue weighted by Gasteiger charge is 2.63. The average Bonchev–Trinajstić information content (AvgIpc) is 2.95. The molecule has 2 aromatic carbocycles. The molecular formula is C42H60NOPS. The lowest BCUT2D eigenvalue weighted by Crippen LogP contribution is -2.58. The van der Waals surface area contributed by atoms with E-state index in [0.29, 0.717) is 10.3 Å². The van der Waals surface area contributed by atoms with Gasteiger partial charge >= 0.3 is 0 Å². The monoisotopic (exact) mass is 657 g/mol. The number of rotatable bonds is 7. The zero-order chi connectivity index (χ0) is 32.2. The molecule has 8 saturated carbocycles. The first kappa shape index (κ1) is 32.2. The van der Waals surface area contributed by atoms with Crippen molar-refractivity contribution in [3.8, 4) is 0 Å². The summed E-state index contributed by atoms with van der Waals surface area (Å²) in [6.45, 7) is 13.3. The molecule has 8 bridgehead atoms. The van der Waals surface area contributed by atoms with Gasteiger partial charge < -0.3 is 0 Å². The van der Waals surface area contributed by atoms with Crippen molar-refractivity contribution in [1.82, 2.24) is 4.31 Å². The molecule has 46 heavy (non-hydrogen) atoms. The molecule has 250 valence electrons. The van der Waals surface area contributed by atoms with Crippen LogP contribution in [-0.4, -0.2) is 30.6 Å². The van der Waals surface area contributed by atoms with Crippen molar-refractivity contribution in [2.75, 3.05) is 7.05 Å². The third-order valence-corrected chi connectivity index (χ3v) is 19.3. The standard InChI is InChI=1S/C42H60NOPS/c1-39(2,3)35-14-12-34(13-15-35)38(43(7)46(44)40(4,5)6)36-10-8-9-11-37(36)45(41-22-28-16-29(23-41)18-30(17-28)24-41)42-25-31-19-32(26-42)21-33(20-31)27-42/h8-15,28-33,38H,16-27H2,1-7H3/t28?,29?,30?,31?,32?,33?,38-,41?,42?,45?,46-/m1/s1. The normalized spacial score (nSPS) is 38.3. The molecule has 0 radical (unpaired) electrons. The summed E-state index contributed by atoms with van der Waals surface area (Å²) in [6, 6.07) is 19.2. The van der Waals surface area contributed by atoms with Crippen LogP contribution in [0.5, 0.6) is 0 Å². The Balaban J connectivity index is 1.31. The van der Waals surface area contributed by atoms with Crippen molar-refractivity contribution in [3.05, 3.63) is 65.2 Å². The van der Waals surface area contributed by atoms with Gasteiger partial charge in [0.15, 0.2) is 0 Å². The molecule has 0 aliphatic heterocycles. The van der Waals surface area contributed by atoms with E-state index in [4.69, 9.17) is 0 Å². The molecule has 0 spiro atoms. The van der Waals surface area contributed by atoms with Crippen molar-refractivity contribution in [2.24, 2.45) is 35.5 Å². The first-order valence-corrected chi connectivity index (χ1v) is 21.3. The summed E-state index contributed by atoms with van der Waals surface area (Å²) in [5.74, 6) is 5.80. The van der Waals surface area contributed by atoms with Crippen LogP contribution in [0.2, 0.25) is 0 Å². The van der Waals surface area contributed by atoms with Crippen LogP contribution in [-0.2, 0) is 16.4 Å². The fourth-order valence-corrected chi connectivity index (χ4v) is 19.5. The van der Waals surface area contributed by atoms with Crippen molar-refractivity contribution in [3.63, 3.8) is 0 Å². The molecule has 10 rings (SSSR count). The lowest BCUT2D eigenvalue weighted by atomic mass is 9.55. The summed E-state index contributed by atoms with van der Waals surface area (Å²) in [7, 11) is 0.644. The third-order valence-electron chi connectivity index (χ3n) is 13.7. The summed E-state index contributed by atoms with van der Waals surface area (Å²) < 4.78 is 16.3. The molecule has 4 heteroatoms. The number of nitrogens with zero attached hydrogens (tertiary/aromatic N) is 1. The largest absolute Gasteiger partial charge is 0.242 e. The van der Waals surface area contributed by atoms with Crippen molar-refractivity contribution >= 4 is 24.2 Å². The molecule has 8 aliphatic rings. The number of hydrogen-bond donors (Lipinski definition) is 0. The van der Waals surface area contributed by atoms with Crippen LogP contribution in [0.25, 0.3) is 0 Å². The van der Waals surface area contributed by atoms with E-state index in [0.717, 1.165) is 35.5 Å². The van der Waals surface area contributed by atoms with Gasteiger partial charge in [-0.15, -0.1) is 0 Å². The third kappa shape index (κ3) is 5.44. The van der Waals surface area contributed by atoms with Gasteiger partial charge in [-0.1, -0.05) is 77.2 Å². The van der Waals surface area contributed by atoms with Crippen molar-refractivity contribution < 1.29 is 4.21 Å². The van der Waals surface area contributed by atoms with E-state index in [-0.39, 0.29) is 24.1 Å². The van der Waals surface area contributed by atoms with Gasteiger partial charge in [-0.25, -0.2) is 8.51 Å². The van der Waals surface area contributed by atoms with Crippen LogP contribution < -0.4 is 5.30 Å². The quantitative estimate of drug-likeness (QED) is 0.271. The van der Waals surface area contributed by atoms with Gasteiger partial charge in [-0.3, -0.25) is 0 Å². The molecular weight excluding hydrogens is 598 g/mol. The van der Waals surface area contributed by atoms with E-state index in [9.17, 15) is 4.21 Å². The van der Waals surface area contributed by atoms with Gasteiger partial charge in [0.05, 0.1) is 10.8 Å². The SMILES string of the molecule is CN([C@H](c1ccc(C(C)(C)C)cc1)c1ccccc1P(C12CC3CC(CC(C3)C1)C2)C12CC3CC(CC(C3)C1)C2)[S@](=O)C(C)(C)C. The average molecular weight is 658 g/mol. The highest BCUT2D eigenvalue weighted by atomic mass is 32.2. The molecule has 0 saturated heterocycles. The molecule has 8 aliphatic carbocycles. The molecule has 2 nitrogen and oxygen atoms in total. The molecule has 0 amide bonds. The first-order valence-electron chi connectivity index (χ1n) is 18.9. The summed E-state index contributed by atoms with van der Waals surface area (Å²) in [5.41, 5.74) is 4.25. The van der Waals surface area contributed by atoms with Gasteiger partial charge in [-0.05, 0) is 171 Å². The van der Waals surface area contributed by atoms with Gasteiger partial charge in [0.25, 0.3) is 0 Å². The molecule has 2 atom stereocenters. The lowest BCUT2D eigenvalue weighted by Gasteiger charge is -2.67. The van der Waals surface area contributed by atoms with E-state index in [1.165, 1.54) is 93.7 Å². The van der Waals surface area contributed by atoms with Crippen LogP contribution >= 0.6 is 7.92 Å². The smallest absolute Gasteiger partial charge is 0.100 e. The minimum absolute atomic E-state index is 0.0156. The van der Waals surface area contributed by atoms with E-state index in [1.807, 2.05) is 0 Å². The van der Waals surface area contributed by atoms with Gasteiger partial charge in [-0.2, -0.15) is 0 Å². The maximum absolute atomic E-state index is 14.3. The van der Waals surface area contributed by atoms with Crippen LogP contribution in [0.15, 0.2) is 48.5 Å². The highest BCUT2D eigenvalue weighted by molar-refractivity contribution is 7.84. The molecule has 0 unspecified atom stereocenters. The minimum Gasteiger partial charge on any atom is -0.242 e. The van der Waals surface area contributed by atoms with E-state index in [2.05, 4.69) is 101 Å². The van der Waals surface area contributed by atoms with Crippen LogP contribution in [0.1, 0.15) is 141 Å². The van der Waals surface area contributed by atoms with Crippen LogP contribution in [0, 0.1) is 35.5 Å². The Morgan fingerprint density at radius 2 is 1.09 bits per heavy atom. The second-order valence-electron chi connectivity index (χ2n) is 19.4. The Morgan fingerprint density at radius 3 is 1.48 bits per heavy atom. The zero-order valence-corrected chi connectivity index (χ0v) is 31.6. The van der Waals surface area contributed by atoms with Gasteiger partial charge in [0, 0.05) is 7.05 Å². The summed E-state index contributed by atoms with van der Waals surface area (Å²) in [5, 5.41) is 2.73. The van der Waals surface area contributed by atoms with E-state index in [1.54, 1.807) is 5.30 Å². The maximum Gasteiger partial charge on any atom is 0.100 e. The van der Waals surface area contributed by atoms with Crippen LogP contribution in [0.4, 0.5) is 0 Å². The van der Waals surface area contributed by atoms with Crippen molar-refractivity contribution in [1.29, 1.82) is 0 Å². The molecule has 0 N–H and O–H groups in total. The topological polar surface area (TPSA) is 20.3 Å². The second kappa shape index (κ2) is 11.3. The summed E-state index contributed by atoms with van der Waals surface area (Å²) >= 11 is 0. The zero-order valence-electron chi connectivity index (χ0n) is 29.9. The predicted octanol–water partition coefficient (Wildman–Crippen LogP) is 10.5. The fraction of sp³-hybridized carbons (Fsp3) is 0.714. The first-order chi connectivity index (χ1) is 21.7. The maximum atomic E-state index is 14.3. The van der Waals surface area contributed by atoms with Crippen molar-refractivity contribution in [2.45, 2.75) is 145 Å². The van der Waals surface area contributed by atoms with E-state index < -0.39 is 11.0 Å². The molecule has 0 heterocycles. The fourth-order valence-electron chi connectivity index (χ4n) is 12.9. The highest BCUT2D eigenvalue weighted by Crippen LogP contribution is 2.78. The Bertz CT molecular complexity index is 1370. The minimum atomic E-state index is -1.14. The van der Waals surface area contributed by atoms with E-state index >= 15 is 0 Å². The Labute approximate surface area is 284 Å². The van der Waals surface area contributed by atoms with Gasteiger partial charge in [0.2, 0.25) is 0 Å². The Morgan fingerprint density at radius 1 is 0.674 bits per heavy atom. The number of hydrogen-bond acceptors (Lipinski definition) is 1. The Kier molecular flexibility index (Phi) is 7.88. The Hall–Kier alpha value is -1.02. The van der Waals surface area contributed by atoms with Gasteiger partial charge in [0.1, 0.15) is 11.0 Å². The molecule has 2 aromatic rings. The lowest BCUT2D eigenvalue weighted by molar-refractivity contribution is 0.0195. The summed E-state index contributed by atoms with van der Waals surface area (Å²) in [4.78, 5) is 0. The second-order valence-corrected chi connectivity index (χ2v) is 24.7. The number of benzene rings is 2. The predicted molar refractivity (Wildman–Crippen MR) is 197 cm³/mol. The molecule has 8 fully saturated rings. The molecule has 0 aromatic heterocycles. The summed E-state index contributed by atoms with van der Waals surface area (Å²) in [6.07, 6.45) is 18.1.